The lowest BCUT2D eigenvalue weighted by atomic mass is 9.67. The fourth-order valence-electron chi connectivity index (χ4n) is 1.33. The highest BCUT2D eigenvalue weighted by atomic mass is 16.4. The zero-order valence-corrected chi connectivity index (χ0v) is 6.68. The molecule has 0 bridgehead atoms. The van der Waals surface area contributed by atoms with Gasteiger partial charge in [0.15, 0.2) is 0 Å². The van der Waals surface area contributed by atoms with Gasteiger partial charge in [0.25, 0.3) is 0 Å². The van der Waals surface area contributed by atoms with Gasteiger partial charge in [-0.25, -0.2) is 0 Å². The normalized spacial score (nSPS) is 19.4. The molecule has 1 aliphatic carbocycles. The molecule has 0 atom stereocenters. The monoisotopic (exact) mass is 152 g/mol. The Morgan fingerprint density at radius 1 is 1.64 bits per heavy atom. The molecule has 0 saturated heterocycles. The molecule has 2 nitrogen and oxygen atoms in total. The van der Waals surface area contributed by atoms with Gasteiger partial charge in [-0.15, -0.1) is 11.8 Å². The van der Waals surface area contributed by atoms with Crippen LogP contribution in [0.1, 0.15) is 32.6 Å². The fraction of sp³-hybridized carbons (Fsp3) is 0.667. The van der Waals surface area contributed by atoms with Crippen LogP contribution in [0.4, 0.5) is 0 Å². The molecule has 0 aromatic rings. The molecule has 0 aliphatic heterocycles. The van der Waals surface area contributed by atoms with Crippen LogP contribution in [0.3, 0.4) is 0 Å². The van der Waals surface area contributed by atoms with Crippen molar-refractivity contribution in [3.8, 4) is 11.8 Å². The predicted octanol–water partition coefficient (Wildman–Crippen LogP) is 1.65. The Morgan fingerprint density at radius 3 is 2.55 bits per heavy atom. The van der Waals surface area contributed by atoms with E-state index in [9.17, 15) is 4.79 Å². The summed E-state index contributed by atoms with van der Waals surface area (Å²) in [5.74, 6) is 4.90. The number of carboxylic acid groups (broad SMARTS) is 1. The molecule has 1 aliphatic rings. The van der Waals surface area contributed by atoms with E-state index in [1.54, 1.807) is 6.92 Å². The van der Waals surface area contributed by atoms with Gasteiger partial charge < -0.3 is 5.11 Å². The van der Waals surface area contributed by atoms with Crippen molar-refractivity contribution in [1.29, 1.82) is 0 Å². The van der Waals surface area contributed by atoms with Crippen molar-refractivity contribution in [2.45, 2.75) is 32.6 Å². The van der Waals surface area contributed by atoms with E-state index < -0.39 is 11.4 Å². The summed E-state index contributed by atoms with van der Waals surface area (Å²) in [5.41, 5.74) is -0.483. The molecule has 11 heavy (non-hydrogen) atoms. The van der Waals surface area contributed by atoms with Crippen LogP contribution in [-0.4, -0.2) is 11.1 Å². The van der Waals surface area contributed by atoms with Crippen molar-refractivity contribution in [3.63, 3.8) is 0 Å². The maximum atomic E-state index is 10.7. The second-order valence-corrected chi connectivity index (χ2v) is 3.04. The summed E-state index contributed by atoms with van der Waals surface area (Å²) < 4.78 is 0. The van der Waals surface area contributed by atoms with Crippen molar-refractivity contribution < 1.29 is 9.90 Å². The van der Waals surface area contributed by atoms with E-state index in [1.165, 1.54) is 0 Å². The average molecular weight is 152 g/mol. The fourth-order valence-corrected chi connectivity index (χ4v) is 1.33. The smallest absolute Gasteiger partial charge is 0.310 e. The van der Waals surface area contributed by atoms with Crippen LogP contribution >= 0.6 is 0 Å². The summed E-state index contributed by atoms with van der Waals surface area (Å²) in [6.07, 6.45) is 3.17. The van der Waals surface area contributed by atoms with Crippen LogP contribution in [-0.2, 0) is 4.79 Å². The van der Waals surface area contributed by atoms with Gasteiger partial charge in [0.05, 0.1) is 5.41 Å². The molecule has 0 radical (unpaired) electrons. The van der Waals surface area contributed by atoms with Crippen molar-refractivity contribution in [3.05, 3.63) is 0 Å². The third kappa shape index (κ3) is 1.37. The molecule has 1 N–H and O–H groups in total. The number of carboxylic acids is 1. The minimum absolute atomic E-state index is 0.483. The van der Waals surface area contributed by atoms with E-state index in [0.717, 1.165) is 19.3 Å². The quantitative estimate of drug-likeness (QED) is 0.611. The van der Waals surface area contributed by atoms with Crippen molar-refractivity contribution in [1.82, 2.24) is 0 Å². The molecule has 0 amide bonds. The van der Waals surface area contributed by atoms with E-state index in [1.807, 2.05) is 0 Å². The largest absolute Gasteiger partial charge is 0.481 e. The first kappa shape index (κ1) is 8.13. The van der Waals surface area contributed by atoms with Crippen LogP contribution in [0.2, 0.25) is 0 Å². The molecule has 0 unspecified atom stereocenters. The van der Waals surface area contributed by atoms with E-state index in [4.69, 9.17) is 5.11 Å². The zero-order chi connectivity index (χ0) is 8.32. The van der Waals surface area contributed by atoms with Gasteiger partial charge in [-0.1, -0.05) is 6.42 Å². The zero-order valence-electron chi connectivity index (χ0n) is 6.68. The Bertz CT molecular complexity index is 215. The third-order valence-electron chi connectivity index (χ3n) is 2.37. The Labute approximate surface area is 66.6 Å². The second-order valence-electron chi connectivity index (χ2n) is 3.04. The molecular formula is C9H12O2. The molecule has 60 valence electrons. The van der Waals surface area contributed by atoms with Gasteiger partial charge in [-0.05, 0) is 19.8 Å². The Balaban J connectivity index is 2.58. The number of carbonyl (C=O) groups is 1. The molecule has 1 saturated carbocycles. The second kappa shape index (κ2) is 2.96. The number of hydrogen-bond acceptors (Lipinski definition) is 1. The molecular weight excluding hydrogens is 140 g/mol. The lowest BCUT2D eigenvalue weighted by molar-refractivity contribution is -0.154. The van der Waals surface area contributed by atoms with Gasteiger partial charge in [-0.3, -0.25) is 4.79 Å². The lowest BCUT2D eigenvalue weighted by Crippen LogP contribution is -2.37. The average Bonchev–Trinajstić information content (AvgIpc) is 1.85. The van der Waals surface area contributed by atoms with Crippen molar-refractivity contribution in [2.75, 3.05) is 0 Å². The van der Waals surface area contributed by atoms with Crippen LogP contribution in [0, 0.1) is 17.3 Å². The molecule has 1 fully saturated rings. The number of aliphatic carboxylic acids is 1. The van der Waals surface area contributed by atoms with Crippen LogP contribution in [0.25, 0.3) is 0 Å². The molecule has 0 aromatic heterocycles. The number of hydrogen-bond donors (Lipinski definition) is 1. The summed E-state index contributed by atoms with van der Waals surface area (Å²) in [7, 11) is 0. The van der Waals surface area contributed by atoms with E-state index >= 15 is 0 Å². The highest BCUT2D eigenvalue weighted by molar-refractivity contribution is 5.76. The maximum Gasteiger partial charge on any atom is 0.310 e. The van der Waals surface area contributed by atoms with E-state index in [0.29, 0.717) is 6.42 Å². The first-order chi connectivity index (χ1) is 5.21. The van der Waals surface area contributed by atoms with E-state index in [-0.39, 0.29) is 0 Å². The van der Waals surface area contributed by atoms with Crippen molar-refractivity contribution in [2.24, 2.45) is 5.41 Å². The maximum absolute atomic E-state index is 10.7. The molecule has 2 heteroatoms. The predicted molar refractivity (Wildman–Crippen MR) is 42.0 cm³/mol. The topological polar surface area (TPSA) is 37.3 Å². The minimum atomic E-state index is -0.675. The highest BCUT2D eigenvalue weighted by Crippen LogP contribution is 2.43. The SMILES string of the molecule is CC#CCC1(C(=O)O)CCC1. The Hall–Kier alpha value is -0.970. The van der Waals surface area contributed by atoms with Gasteiger partial charge in [0.2, 0.25) is 0 Å². The Morgan fingerprint density at radius 2 is 2.27 bits per heavy atom. The first-order valence-corrected chi connectivity index (χ1v) is 3.84. The molecule has 0 heterocycles. The lowest BCUT2D eigenvalue weighted by Gasteiger charge is -2.35. The standard InChI is InChI=1S/C9H12O2/c1-2-3-5-9(8(10)11)6-4-7-9/h4-7H2,1H3,(H,10,11). The molecule has 0 aromatic carbocycles. The van der Waals surface area contributed by atoms with E-state index in [2.05, 4.69) is 11.8 Å². The van der Waals surface area contributed by atoms with Crippen LogP contribution in [0.15, 0.2) is 0 Å². The van der Waals surface area contributed by atoms with Gasteiger partial charge in [-0.2, -0.15) is 0 Å². The highest BCUT2D eigenvalue weighted by Gasteiger charge is 2.43. The van der Waals surface area contributed by atoms with Crippen LogP contribution in [0.5, 0.6) is 0 Å². The summed E-state index contributed by atoms with van der Waals surface area (Å²) in [6, 6.07) is 0. The summed E-state index contributed by atoms with van der Waals surface area (Å²) in [6.45, 7) is 1.74. The Kier molecular flexibility index (Phi) is 2.19. The summed E-state index contributed by atoms with van der Waals surface area (Å²) in [5, 5.41) is 8.84. The van der Waals surface area contributed by atoms with Gasteiger partial charge >= 0.3 is 5.97 Å². The molecule has 1 rings (SSSR count). The van der Waals surface area contributed by atoms with Gasteiger partial charge in [0, 0.05) is 6.42 Å². The number of rotatable bonds is 2. The van der Waals surface area contributed by atoms with Gasteiger partial charge in [0.1, 0.15) is 0 Å². The molecule has 0 spiro atoms. The third-order valence-corrected chi connectivity index (χ3v) is 2.37. The van der Waals surface area contributed by atoms with Crippen molar-refractivity contribution >= 4 is 5.97 Å². The summed E-state index contributed by atoms with van der Waals surface area (Å²) >= 11 is 0. The van der Waals surface area contributed by atoms with Crippen LogP contribution < -0.4 is 0 Å². The first-order valence-electron chi connectivity index (χ1n) is 3.84. The summed E-state index contributed by atoms with van der Waals surface area (Å²) in [4.78, 5) is 10.7. The minimum Gasteiger partial charge on any atom is -0.481 e.